The smallest absolute Gasteiger partial charge is 0.302 e. The number of carbonyl (C=O) groups excluding carboxylic acids is 1. The van der Waals surface area contributed by atoms with E-state index in [4.69, 9.17) is 4.74 Å². The van der Waals surface area contributed by atoms with Gasteiger partial charge in [0.25, 0.3) is 0 Å². The van der Waals surface area contributed by atoms with Gasteiger partial charge in [-0.3, -0.25) is 9.52 Å². The number of anilines is 1. The molecule has 0 fully saturated rings. The molecule has 1 aromatic carbocycles. The molecule has 1 rings (SSSR count). The molecule has 88 valence electrons. The molecule has 0 saturated carbocycles. The summed E-state index contributed by atoms with van der Waals surface area (Å²) in [5, 5.41) is 0. The number of nitrogens with one attached hydrogen (secondary N) is 1. The summed E-state index contributed by atoms with van der Waals surface area (Å²) < 4.78 is 29.0. The van der Waals surface area contributed by atoms with Gasteiger partial charge in [0.1, 0.15) is 6.61 Å². The first-order valence-corrected chi connectivity index (χ1v) is 6.46. The van der Waals surface area contributed by atoms with E-state index >= 15 is 0 Å². The highest BCUT2D eigenvalue weighted by atomic mass is 32.2. The molecule has 0 aliphatic rings. The number of sulfonamides is 1. The maximum absolute atomic E-state index is 10.9. The van der Waals surface area contributed by atoms with Crippen molar-refractivity contribution in [2.75, 3.05) is 11.0 Å². The summed E-state index contributed by atoms with van der Waals surface area (Å²) in [5.74, 6) is -0.349. The second kappa shape index (κ2) is 4.98. The zero-order chi connectivity index (χ0) is 12.2. The summed E-state index contributed by atoms with van der Waals surface area (Å²) in [5.41, 5.74) is 1.28. The Labute approximate surface area is 94.5 Å². The lowest BCUT2D eigenvalue weighted by atomic mass is 10.2. The highest BCUT2D eigenvalue weighted by molar-refractivity contribution is 7.92. The summed E-state index contributed by atoms with van der Waals surface area (Å²) >= 11 is 0. The quantitative estimate of drug-likeness (QED) is 0.804. The van der Waals surface area contributed by atoms with Crippen LogP contribution in [0.1, 0.15) is 12.5 Å². The Morgan fingerprint density at radius 2 is 1.88 bits per heavy atom. The Bertz CT molecular complexity index is 464. The van der Waals surface area contributed by atoms with Crippen molar-refractivity contribution in [2.45, 2.75) is 13.5 Å². The van der Waals surface area contributed by atoms with Crippen LogP contribution in [0, 0.1) is 0 Å². The molecule has 0 bridgehead atoms. The number of esters is 1. The number of carbonyl (C=O) groups is 1. The second-order valence-corrected chi connectivity index (χ2v) is 5.10. The van der Waals surface area contributed by atoms with Gasteiger partial charge >= 0.3 is 5.97 Å². The molecule has 1 N–H and O–H groups in total. The standard InChI is InChI=1S/C10H13NO4S/c1-8(12)15-7-9-3-5-10(6-4-9)11-16(2,13)14/h3-6,11H,7H2,1-2H3. The van der Waals surface area contributed by atoms with Crippen molar-refractivity contribution in [3.8, 4) is 0 Å². The summed E-state index contributed by atoms with van der Waals surface area (Å²) in [6, 6.07) is 6.60. The minimum atomic E-state index is -3.25. The molecular formula is C10H13NO4S. The van der Waals surface area contributed by atoms with Gasteiger partial charge in [-0.2, -0.15) is 0 Å². The largest absolute Gasteiger partial charge is 0.461 e. The Hall–Kier alpha value is -1.56. The number of hydrogen-bond acceptors (Lipinski definition) is 4. The molecule has 16 heavy (non-hydrogen) atoms. The van der Waals surface area contributed by atoms with Gasteiger partial charge in [-0.05, 0) is 17.7 Å². The lowest BCUT2D eigenvalue weighted by Gasteiger charge is -2.05. The van der Waals surface area contributed by atoms with Crippen LogP contribution in [0.25, 0.3) is 0 Å². The monoisotopic (exact) mass is 243 g/mol. The van der Waals surface area contributed by atoms with Crippen LogP contribution in [-0.2, 0) is 26.2 Å². The van der Waals surface area contributed by atoms with E-state index < -0.39 is 10.0 Å². The molecule has 0 aliphatic heterocycles. The molecule has 0 amide bonds. The third-order valence-corrected chi connectivity index (χ3v) is 2.31. The van der Waals surface area contributed by atoms with Gasteiger partial charge < -0.3 is 4.74 Å². The van der Waals surface area contributed by atoms with Gasteiger partial charge in [-0.25, -0.2) is 8.42 Å². The maximum atomic E-state index is 10.9. The van der Waals surface area contributed by atoms with E-state index in [0.717, 1.165) is 11.8 Å². The summed E-state index contributed by atoms with van der Waals surface area (Å²) in [6.07, 6.45) is 1.08. The van der Waals surface area contributed by atoms with Crippen molar-refractivity contribution in [1.29, 1.82) is 0 Å². The molecule has 0 heterocycles. The fourth-order valence-corrected chi connectivity index (χ4v) is 1.63. The minimum Gasteiger partial charge on any atom is -0.461 e. The molecule has 0 aliphatic carbocycles. The van der Waals surface area contributed by atoms with Crippen LogP contribution >= 0.6 is 0 Å². The van der Waals surface area contributed by atoms with Crippen LogP contribution in [0.5, 0.6) is 0 Å². The Morgan fingerprint density at radius 3 is 2.31 bits per heavy atom. The molecule has 0 aromatic heterocycles. The number of rotatable bonds is 4. The van der Waals surface area contributed by atoms with E-state index in [1.54, 1.807) is 24.3 Å². The van der Waals surface area contributed by atoms with Crippen molar-refractivity contribution < 1.29 is 17.9 Å². The molecule has 0 unspecified atom stereocenters. The predicted octanol–water partition coefficient (Wildman–Crippen LogP) is 1.12. The van der Waals surface area contributed by atoms with Gasteiger partial charge in [0, 0.05) is 12.6 Å². The summed E-state index contributed by atoms with van der Waals surface area (Å²) in [4.78, 5) is 10.6. The van der Waals surface area contributed by atoms with Crippen LogP contribution in [-0.4, -0.2) is 20.6 Å². The molecule has 5 nitrogen and oxygen atoms in total. The molecule has 0 spiro atoms. The van der Waals surface area contributed by atoms with E-state index in [2.05, 4.69) is 4.72 Å². The fraction of sp³-hybridized carbons (Fsp3) is 0.300. The van der Waals surface area contributed by atoms with E-state index in [-0.39, 0.29) is 12.6 Å². The van der Waals surface area contributed by atoms with Crippen molar-refractivity contribution in [1.82, 2.24) is 0 Å². The molecule has 0 atom stereocenters. The first kappa shape index (κ1) is 12.5. The van der Waals surface area contributed by atoms with Gasteiger partial charge in [0.05, 0.1) is 6.26 Å². The van der Waals surface area contributed by atoms with Crippen LogP contribution in [0.4, 0.5) is 5.69 Å². The number of benzene rings is 1. The van der Waals surface area contributed by atoms with E-state index in [9.17, 15) is 13.2 Å². The summed E-state index contributed by atoms with van der Waals surface area (Å²) in [7, 11) is -3.25. The van der Waals surface area contributed by atoms with E-state index in [0.29, 0.717) is 5.69 Å². The van der Waals surface area contributed by atoms with E-state index in [1.807, 2.05) is 0 Å². The van der Waals surface area contributed by atoms with Crippen molar-refractivity contribution in [3.05, 3.63) is 29.8 Å². The van der Waals surface area contributed by atoms with Crippen molar-refractivity contribution in [2.24, 2.45) is 0 Å². The van der Waals surface area contributed by atoms with Gasteiger partial charge in [-0.15, -0.1) is 0 Å². The van der Waals surface area contributed by atoms with Crippen LogP contribution < -0.4 is 4.72 Å². The normalized spacial score (nSPS) is 10.9. The average molecular weight is 243 g/mol. The Balaban J connectivity index is 2.64. The zero-order valence-corrected chi connectivity index (χ0v) is 9.87. The second-order valence-electron chi connectivity index (χ2n) is 3.35. The third kappa shape index (κ3) is 4.79. The lowest BCUT2D eigenvalue weighted by molar-refractivity contribution is -0.142. The van der Waals surface area contributed by atoms with Crippen LogP contribution in [0.15, 0.2) is 24.3 Å². The van der Waals surface area contributed by atoms with Crippen LogP contribution in [0.3, 0.4) is 0 Å². The summed E-state index contributed by atoms with van der Waals surface area (Å²) in [6.45, 7) is 1.52. The van der Waals surface area contributed by atoms with Crippen molar-refractivity contribution in [3.63, 3.8) is 0 Å². The zero-order valence-electron chi connectivity index (χ0n) is 9.06. The van der Waals surface area contributed by atoms with Gasteiger partial charge in [0.2, 0.25) is 10.0 Å². The Kier molecular flexibility index (Phi) is 3.89. The number of ether oxygens (including phenoxy) is 1. The van der Waals surface area contributed by atoms with Gasteiger partial charge in [0.15, 0.2) is 0 Å². The maximum Gasteiger partial charge on any atom is 0.302 e. The predicted molar refractivity (Wildman–Crippen MR) is 60.4 cm³/mol. The highest BCUT2D eigenvalue weighted by Crippen LogP contribution is 2.11. The fourth-order valence-electron chi connectivity index (χ4n) is 1.07. The molecule has 6 heteroatoms. The van der Waals surface area contributed by atoms with E-state index in [1.165, 1.54) is 6.92 Å². The van der Waals surface area contributed by atoms with Crippen LogP contribution in [0.2, 0.25) is 0 Å². The first-order chi connectivity index (χ1) is 7.37. The number of hydrogen-bond donors (Lipinski definition) is 1. The third-order valence-electron chi connectivity index (χ3n) is 1.70. The molecule has 0 saturated heterocycles. The van der Waals surface area contributed by atoms with Crippen molar-refractivity contribution >= 4 is 21.7 Å². The molecule has 0 radical (unpaired) electrons. The SMILES string of the molecule is CC(=O)OCc1ccc(NS(C)(=O)=O)cc1. The molecule has 1 aromatic rings. The first-order valence-electron chi connectivity index (χ1n) is 4.57. The lowest BCUT2D eigenvalue weighted by Crippen LogP contribution is -2.09. The average Bonchev–Trinajstić information content (AvgIpc) is 2.14. The minimum absolute atomic E-state index is 0.189. The van der Waals surface area contributed by atoms with Gasteiger partial charge in [-0.1, -0.05) is 12.1 Å². The highest BCUT2D eigenvalue weighted by Gasteiger charge is 2.02. The molecular weight excluding hydrogens is 230 g/mol. The Morgan fingerprint density at radius 1 is 1.31 bits per heavy atom. The topological polar surface area (TPSA) is 72.5 Å².